The number of nitrogens with one attached hydrogen (secondary N) is 2. The number of thioether (sulfide) groups is 1. The van der Waals surface area contributed by atoms with Gasteiger partial charge in [0, 0.05) is 23.2 Å². The number of carbonyl (C=O) groups excluding carboxylic acids is 2. The Bertz CT molecular complexity index is 646. The monoisotopic (exact) mass is 393 g/mol. The number of likely N-dealkylation sites (tertiary alicyclic amines) is 1. The van der Waals surface area contributed by atoms with E-state index in [1.807, 2.05) is 51.3 Å². The van der Waals surface area contributed by atoms with E-state index in [0.29, 0.717) is 13.1 Å². The largest absolute Gasteiger partial charge is 0.444 e. The second kappa shape index (κ2) is 9.99. The summed E-state index contributed by atoms with van der Waals surface area (Å²) in [6.07, 6.45) is 4.74. The average molecular weight is 394 g/mol. The molecule has 1 heterocycles. The van der Waals surface area contributed by atoms with Crippen LogP contribution in [0.5, 0.6) is 0 Å². The molecule has 1 aliphatic heterocycles. The standard InChI is InChI=1S/C20H31N3O3S/c1-20(2,3)26-19(25)21-13-16-9-5-6-11-23(16)14-18(24)22-15-8-7-10-17(12-15)27-4/h7-8,10,12,16H,5-6,9,11,13-14H2,1-4H3,(H,21,25)(H,22,24)/t16-/m0/s1. The minimum Gasteiger partial charge on any atom is -0.444 e. The molecule has 0 spiro atoms. The third-order valence-electron chi connectivity index (χ3n) is 4.33. The Balaban J connectivity index is 1.86. The molecule has 1 atom stereocenters. The van der Waals surface area contributed by atoms with E-state index < -0.39 is 11.7 Å². The van der Waals surface area contributed by atoms with Gasteiger partial charge in [-0.3, -0.25) is 9.69 Å². The van der Waals surface area contributed by atoms with Gasteiger partial charge < -0.3 is 15.4 Å². The van der Waals surface area contributed by atoms with Gasteiger partial charge in [-0.25, -0.2) is 4.79 Å². The van der Waals surface area contributed by atoms with Gasteiger partial charge in [-0.05, 0) is 64.6 Å². The molecular weight excluding hydrogens is 362 g/mol. The summed E-state index contributed by atoms with van der Waals surface area (Å²) in [5.41, 5.74) is 0.300. The number of anilines is 1. The lowest BCUT2D eigenvalue weighted by atomic mass is 10.0. The third-order valence-corrected chi connectivity index (χ3v) is 5.06. The van der Waals surface area contributed by atoms with Crippen molar-refractivity contribution in [2.45, 2.75) is 56.6 Å². The van der Waals surface area contributed by atoms with Gasteiger partial charge in [0.25, 0.3) is 0 Å². The fourth-order valence-electron chi connectivity index (χ4n) is 3.10. The predicted molar refractivity (Wildman–Crippen MR) is 110 cm³/mol. The average Bonchev–Trinajstić information content (AvgIpc) is 2.59. The lowest BCUT2D eigenvalue weighted by molar-refractivity contribution is -0.118. The minimum absolute atomic E-state index is 0.0302. The maximum Gasteiger partial charge on any atom is 0.407 e. The van der Waals surface area contributed by atoms with Crippen molar-refractivity contribution in [3.8, 4) is 0 Å². The van der Waals surface area contributed by atoms with Crippen LogP contribution in [-0.4, -0.2) is 54.4 Å². The number of ether oxygens (including phenoxy) is 1. The fraction of sp³-hybridized carbons (Fsp3) is 0.600. The number of rotatable bonds is 6. The molecule has 0 aromatic heterocycles. The number of nitrogens with zero attached hydrogens (tertiary/aromatic N) is 1. The SMILES string of the molecule is CSc1cccc(NC(=O)CN2CCCC[C@H]2CNC(=O)OC(C)(C)C)c1. The molecule has 27 heavy (non-hydrogen) atoms. The van der Waals surface area contributed by atoms with Crippen LogP contribution in [0.15, 0.2) is 29.2 Å². The molecule has 1 aromatic carbocycles. The zero-order valence-corrected chi connectivity index (χ0v) is 17.5. The van der Waals surface area contributed by atoms with Crippen LogP contribution in [0.2, 0.25) is 0 Å². The van der Waals surface area contributed by atoms with Crippen LogP contribution < -0.4 is 10.6 Å². The van der Waals surface area contributed by atoms with Crippen molar-refractivity contribution >= 4 is 29.4 Å². The van der Waals surface area contributed by atoms with Crippen molar-refractivity contribution in [2.24, 2.45) is 0 Å². The number of benzene rings is 1. The van der Waals surface area contributed by atoms with Gasteiger partial charge in [0.05, 0.1) is 6.54 Å². The Hall–Kier alpha value is -1.73. The van der Waals surface area contributed by atoms with E-state index in [1.165, 1.54) is 0 Å². The molecule has 0 unspecified atom stereocenters. The summed E-state index contributed by atoms with van der Waals surface area (Å²) in [5.74, 6) is -0.0302. The van der Waals surface area contributed by atoms with Crippen LogP contribution in [-0.2, 0) is 9.53 Å². The summed E-state index contributed by atoms with van der Waals surface area (Å²) in [4.78, 5) is 27.6. The number of hydrogen-bond acceptors (Lipinski definition) is 5. The second-order valence-electron chi connectivity index (χ2n) is 7.78. The number of amides is 2. The Morgan fingerprint density at radius 1 is 1.30 bits per heavy atom. The van der Waals surface area contributed by atoms with Crippen molar-refractivity contribution in [2.75, 3.05) is 31.2 Å². The molecule has 0 radical (unpaired) electrons. The predicted octanol–water partition coefficient (Wildman–Crippen LogP) is 3.73. The normalized spacial score (nSPS) is 18.0. The molecule has 0 bridgehead atoms. The fourth-order valence-corrected chi connectivity index (χ4v) is 3.56. The zero-order chi connectivity index (χ0) is 19.9. The van der Waals surface area contributed by atoms with Crippen LogP contribution in [0, 0.1) is 0 Å². The first-order valence-corrected chi connectivity index (χ1v) is 10.6. The van der Waals surface area contributed by atoms with Crippen molar-refractivity contribution in [3.05, 3.63) is 24.3 Å². The Morgan fingerprint density at radius 2 is 2.07 bits per heavy atom. The van der Waals surface area contributed by atoms with E-state index in [0.717, 1.165) is 36.4 Å². The van der Waals surface area contributed by atoms with E-state index in [2.05, 4.69) is 15.5 Å². The van der Waals surface area contributed by atoms with Gasteiger partial charge in [0.1, 0.15) is 5.60 Å². The lowest BCUT2D eigenvalue weighted by Gasteiger charge is -2.35. The van der Waals surface area contributed by atoms with Gasteiger partial charge in [0.15, 0.2) is 0 Å². The first kappa shape index (κ1) is 21.6. The molecule has 2 N–H and O–H groups in total. The molecule has 1 aliphatic rings. The maximum atomic E-state index is 12.5. The molecular formula is C20H31N3O3S. The van der Waals surface area contributed by atoms with E-state index in [4.69, 9.17) is 4.74 Å². The summed E-state index contributed by atoms with van der Waals surface area (Å²) in [7, 11) is 0. The first-order valence-electron chi connectivity index (χ1n) is 9.41. The molecule has 2 rings (SSSR count). The highest BCUT2D eigenvalue weighted by atomic mass is 32.2. The molecule has 2 amide bonds. The maximum absolute atomic E-state index is 12.5. The molecule has 1 aromatic rings. The summed E-state index contributed by atoms with van der Waals surface area (Å²) >= 11 is 1.65. The molecule has 7 heteroatoms. The summed E-state index contributed by atoms with van der Waals surface area (Å²) in [6, 6.07) is 7.98. The highest BCUT2D eigenvalue weighted by molar-refractivity contribution is 7.98. The summed E-state index contributed by atoms with van der Waals surface area (Å²) < 4.78 is 5.30. The lowest BCUT2D eigenvalue weighted by Crippen LogP contribution is -2.49. The van der Waals surface area contributed by atoms with E-state index in [1.54, 1.807) is 11.8 Å². The number of alkyl carbamates (subject to hydrolysis) is 1. The molecule has 1 fully saturated rings. The van der Waals surface area contributed by atoms with Crippen LogP contribution in [0.1, 0.15) is 40.0 Å². The van der Waals surface area contributed by atoms with Crippen LogP contribution in [0.25, 0.3) is 0 Å². The van der Waals surface area contributed by atoms with Gasteiger partial charge in [-0.15, -0.1) is 11.8 Å². The second-order valence-corrected chi connectivity index (χ2v) is 8.66. The van der Waals surface area contributed by atoms with Crippen molar-refractivity contribution < 1.29 is 14.3 Å². The molecule has 1 saturated heterocycles. The number of carbonyl (C=O) groups is 2. The number of piperidine rings is 1. The Kier molecular flexibility index (Phi) is 7.98. The summed E-state index contributed by atoms with van der Waals surface area (Å²) in [5, 5.41) is 5.81. The topological polar surface area (TPSA) is 70.7 Å². The Labute approximate surface area is 166 Å². The highest BCUT2D eigenvalue weighted by Crippen LogP contribution is 2.20. The molecule has 150 valence electrons. The third kappa shape index (κ3) is 7.81. The van der Waals surface area contributed by atoms with Crippen LogP contribution >= 0.6 is 11.8 Å². The zero-order valence-electron chi connectivity index (χ0n) is 16.7. The quantitative estimate of drug-likeness (QED) is 0.721. The van der Waals surface area contributed by atoms with Gasteiger partial charge in [0.2, 0.25) is 5.91 Å². The van der Waals surface area contributed by atoms with Crippen molar-refractivity contribution in [3.63, 3.8) is 0 Å². The Morgan fingerprint density at radius 3 is 2.78 bits per heavy atom. The van der Waals surface area contributed by atoms with Gasteiger partial charge >= 0.3 is 6.09 Å². The smallest absolute Gasteiger partial charge is 0.407 e. The molecule has 6 nitrogen and oxygen atoms in total. The molecule has 0 saturated carbocycles. The highest BCUT2D eigenvalue weighted by Gasteiger charge is 2.25. The van der Waals surface area contributed by atoms with Crippen LogP contribution in [0.4, 0.5) is 10.5 Å². The van der Waals surface area contributed by atoms with E-state index in [9.17, 15) is 9.59 Å². The summed E-state index contributed by atoms with van der Waals surface area (Å²) in [6.45, 7) is 7.20. The van der Waals surface area contributed by atoms with Gasteiger partial charge in [-0.1, -0.05) is 12.5 Å². The van der Waals surface area contributed by atoms with Gasteiger partial charge in [-0.2, -0.15) is 0 Å². The van der Waals surface area contributed by atoms with Crippen molar-refractivity contribution in [1.82, 2.24) is 10.2 Å². The van der Waals surface area contributed by atoms with Crippen molar-refractivity contribution in [1.29, 1.82) is 0 Å². The minimum atomic E-state index is -0.512. The van der Waals surface area contributed by atoms with Crippen LogP contribution in [0.3, 0.4) is 0 Å². The van der Waals surface area contributed by atoms with E-state index in [-0.39, 0.29) is 11.9 Å². The molecule has 0 aliphatic carbocycles. The number of hydrogen-bond donors (Lipinski definition) is 2. The van der Waals surface area contributed by atoms with E-state index >= 15 is 0 Å². The first-order chi connectivity index (χ1) is 12.8.